The number of carbonyl (C=O) groups is 1. The zero-order valence-corrected chi connectivity index (χ0v) is 16.9. The lowest BCUT2D eigenvalue weighted by atomic mass is 9.96. The third-order valence-electron chi connectivity index (χ3n) is 5.86. The number of carbonyl (C=O) groups excluding carboxylic acids is 1. The number of fused-ring (bicyclic) bond motifs is 1. The first-order valence-electron chi connectivity index (χ1n) is 9.75. The molecule has 0 spiro atoms. The van der Waals surface area contributed by atoms with E-state index in [-0.39, 0.29) is 11.8 Å². The molecule has 8 heteroatoms. The maximum atomic E-state index is 11.5. The zero-order chi connectivity index (χ0) is 19.0. The van der Waals surface area contributed by atoms with E-state index < -0.39 is 0 Å². The van der Waals surface area contributed by atoms with Crippen LogP contribution in [0.5, 0.6) is 0 Å². The lowest BCUT2D eigenvalue weighted by Gasteiger charge is -2.32. The number of aromatic nitrogens is 2. The standard InChI is InChI=1S/C19H27N5O2S/c1-12-13(2)27-19-16(12)18(24-5-3-14(4-6-24)17(20)25)21-15(22-19)11-23-7-9-26-10-8-23/h14H,3-11H2,1-2H3,(H2,20,25)/p+1. The van der Waals surface area contributed by atoms with Crippen LogP contribution in [-0.2, 0) is 16.1 Å². The molecule has 0 aliphatic carbocycles. The summed E-state index contributed by atoms with van der Waals surface area (Å²) in [6.45, 7) is 10.4. The molecule has 0 unspecified atom stereocenters. The van der Waals surface area contributed by atoms with E-state index in [1.54, 1.807) is 11.3 Å². The van der Waals surface area contributed by atoms with Gasteiger partial charge in [0.2, 0.25) is 5.91 Å². The van der Waals surface area contributed by atoms with Crippen LogP contribution >= 0.6 is 11.3 Å². The van der Waals surface area contributed by atoms with Gasteiger partial charge in [-0.1, -0.05) is 0 Å². The number of piperidine rings is 1. The van der Waals surface area contributed by atoms with E-state index >= 15 is 0 Å². The molecule has 0 aromatic carbocycles. The molecule has 2 aliphatic rings. The summed E-state index contributed by atoms with van der Waals surface area (Å²) in [5, 5.41) is 1.18. The number of nitrogens with two attached hydrogens (primary N) is 1. The Balaban J connectivity index is 1.65. The van der Waals surface area contributed by atoms with Crippen LogP contribution in [0.4, 0.5) is 5.82 Å². The average molecular weight is 391 g/mol. The number of hydrogen-bond acceptors (Lipinski definition) is 6. The number of nitrogens with zero attached hydrogens (tertiary/aromatic N) is 3. The Morgan fingerprint density at radius 2 is 1.96 bits per heavy atom. The summed E-state index contributed by atoms with van der Waals surface area (Å²) < 4.78 is 5.47. The number of anilines is 1. The van der Waals surface area contributed by atoms with Gasteiger partial charge < -0.3 is 20.3 Å². The molecule has 2 fully saturated rings. The topological polar surface area (TPSA) is 85.8 Å². The number of rotatable bonds is 4. The van der Waals surface area contributed by atoms with Crippen LogP contribution in [-0.4, -0.2) is 55.3 Å². The summed E-state index contributed by atoms with van der Waals surface area (Å²) in [6, 6.07) is 0. The first kappa shape index (κ1) is 18.6. The van der Waals surface area contributed by atoms with Gasteiger partial charge in [-0.05, 0) is 32.3 Å². The summed E-state index contributed by atoms with van der Waals surface area (Å²) in [7, 11) is 0. The second kappa shape index (κ2) is 7.69. The Labute approximate surface area is 163 Å². The Kier molecular flexibility index (Phi) is 5.29. The molecule has 2 aliphatic heterocycles. The van der Waals surface area contributed by atoms with E-state index in [0.717, 1.165) is 75.3 Å². The molecule has 4 heterocycles. The quantitative estimate of drug-likeness (QED) is 0.791. The second-order valence-electron chi connectivity index (χ2n) is 7.63. The number of morpholine rings is 1. The summed E-state index contributed by atoms with van der Waals surface area (Å²) in [5.41, 5.74) is 6.77. The van der Waals surface area contributed by atoms with Crippen LogP contribution < -0.4 is 15.5 Å². The molecule has 2 saturated heterocycles. The molecule has 0 radical (unpaired) electrons. The number of quaternary nitrogens is 1. The highest BCUT2D eigenvalue weighted by atomic mass is 32.1. The van der Waals surface area contributed by atoms with Crippen molar-refractivity contribution in [3.05, 3.63) is 16.3 Å². The van der Waals surface area contributed by atoms with Crippen molar-refractivity contribution in [2.45, 2.75) is 33.2 Å². The Morgan fingerprint density at radius 3 is 2.63 bits per heavy atom. The van der Waals surface area contributed by atoms with Crippen LogP contribution in [0.15, 0.2) is 0 Å². The minimum Gasteiger partial charge on any atom is -0.370 e. The van der Waals surface area contributed by atoms with Crippen molar-refractivity contribution < 1.29 is 14.4 Å². The van der Waals surface area contributed by atoms with E-state index in [9.17, 15) is 4.79 Å². The monoisotopic (exact) mass is 390 g/mol. The van der Waals surface area contributed by atoms with Crippen molar-refractivity contribution >= 4 is 33.3 Å². The normalized spacial score (nSPS) is 19.7. The molecule has 0 bridgehead atoms. The molecule has 7 nitrogen and oxygen atoms in total. The van der Waals surface area contributed by atoms with Crippen molar-refractivity contribution in [1.82, 2.24) is 9.97 Å². The van der Waals surface area contributed by atoms with Crippen molar-refractivity contribution in [1.29, 1.82) is 0 Å². The molecule has 2 aromatic rings. The van der Waals surface area contributed by atoms with Gasteiger partial charge in [-0.25, -0.2) is 9.97 Å². The van der Waals surface area contributed by atoms with Crippen LogP contribution in [0.1, 0.15) is 29.1 Å². The summed E-state index contributed by atoms with van der Waals surface area (Å²) >= 11 is 1.75. The largest absolute Gasteiger partial charge is 0.370 e. The minimum absolute atomic E-state index is 0.0128. The van der Waals surface area contributed by atoms with E-state index in [1.165, 1.54) is 20.7 Å². The smallest absolute Gasteiger partial charge is 0.220 e. The summed E-state index contributed by atoms with van der Waals surface area (Å²) in [5.74, 6) is 1.75. The first-order valence-corrected chi connectivity index (χ1v) is 10.6. The van der Waals surface area contributed by atoms with Crippen molar-refractivity contribution in [3.63, 3.8) is 0 Å². The van der Waals surface area contributed by atoms with Crippen LogP contribution in [0.2, 0.25) is 0 Å². The van der Waals surface area contributed by atoms with Crippen LogP contribution in [0, 0.1) is 19.8 Å². The van der Waals surface area contributed by atoms with Gasteiger partial charge in [-0.2, -0.15) is 0 Å². The van der Waals surface area contributed by atoms with Crippen molar-refractivity contribution in [3.8, 4) is 0 Å². The Bertz CT molecular complexity index is 838. The van der Waals surface area contributed by atoms with Gasteiger partial charge in [0.1, 0.15) is 30.3 Å². The van der Waals surface area contributed by atoms with E-state index in [2.05, 4.69) is 18.7 Å². The van der Waals surface area contributed by atoms with Gasteiger partial charge in [-0.3, -0.25) is 4.79 Å². The molecular weight excluding hydrogens is 362 g/mol. The molecule has 3 N–H and O–H groups in total. The van der Waals surface area contributed by atoms with E-state index in [0.29, 0.717) is 0 Å². The van der Waals surface area contributed by atoms with Gasteiger partial charge in [0.15, 0.2) is 5.82 Å². The third kappa shape index (κ3) is 3.79. The van der Waals surface area contributed by atoms with Crippen molar-refractivity contribution in [2.24, 2.45) is 11.7 Å². The summed E-state index contributed by atoms with van der Waals surface area (Å²) in [6.07, 6.45) is 1.60. The molecule has 0 atom stereocenters. The predicted molar refractivity (Wildman–Crippen MR) is 106 cm³/mol. The molecule has 4 rings (SSSR count). The molecule has 27 heavy (non-hydrogen) atoms. The van der Waals surface area contributed by atoms with Crippen LogP contribution in [0.3, 0.4) is 0 Å². The fourth-order valence-electron chi connectivity index (χ4n) is 4.02. The highest BCUT2D eigenvalue weighted by Crippen LogP contribution is 2.36. The lowest BCUT2D eigenvalue weighted by Crippen LogP contribution is -3.12. The van der Waals surface area contributed by atoms with Crippen LogP contribution in [0.25, 0.3) is 10.2 Å². The molecule has 146 valence electrons. The SMILES string of the molecule is Cc1sc2nc(C[NH+]3CCOCC3)nc(N3CCC(C(N)=O)CC3)c2c1C. The maximum absolute atomic E-state index is 11.5. The van der Waals surface area contributed by atoms with Gasteiger partial charge in [0.05, 0.1) is 18.6 Å². The number of aryl methyl sites for hydroxylation is 2. The Hall–Kier alpha value is -1.77. The molecule has 2 aromatic heterocycles. The van der Waals surface area contributed by atoms with Gasteiger partial charge in [-0.15, -0.1) is 11.3 Å². The lowest BCUT2D eigenvalue weighted by molar-refractivity contribution is -0.922. The first-order chi connectivity index (χ1) is 13.0. The maximum Gasteiger partial charge on any atom is 0.220 e. The molecule has 1 amide bonds. The van der Waals surface area contributed by atoms with Gasteiger partial charge >= 0.3 is 0 Å². The number of primary amides is 1. The van der Waals surface area contributed by atoms with E-state index in [4.69, 9.17) is 20.4 Å². The highest BCUT2D eigenvalue weighted by molar-refractivity contribution is 7.18. The number of thiophene rings is 1. The summed E-state index contributed by atoms with van der Waals surface area (Å²) in [4.78, 5) is 27.6. The number of nitrogens with one attached hydrogen (secondary N) is 1. The highest BCUT2D eigenvalue weighted by Gasteiger charge is 2.27. The van der Waals surface area contributed by atoms with Crippen molar-refractivity contribution in [2.75, 3.05) is 44.3 Å². The number of ether oxygens (including phenoxy) is 1. The fraction of sp³-hybridized carbons (Fsp3) is 0.632. The molecule has 0 saturated carbocycles. The molecular formula is C19H28N5O2S+. The average Bonchev–Trinajstić information content (AvgIpc) is 2.96. The van der Waals surface area contributed by atoms with Gasteiger partial charge in [0.25, 0.3) is 0 Å². The zero-order valence-electron chi connectivity index (χ0n) is 16.1. The van der Waals surface area contributed by atoms with E-state index in [1.807, 2.05) is 0 Å². The second-order valence-corrected chi connectivity index (χ2v) is 8.83. The third-order valence-corrected chi connectivity index (χ3v) is 6.96. The number of amides is 1. The Morgan fingerprint density at radius 1 is 1.26 bits per heavy atom. The van der Waals surface area contributed by atoms with Gasteiger partial charge in [0, 0.05) is 23.9 Å². The fourth-order valence-corrected chi connectivity index (χ4v) is 5.06. The number of hydrogen-bond donors (Lipinski definition) is 2. The predicted octanol–water partition coefficient (Wildman–Crippen LogP) is 0.425. The minimum atomic E-state index is -0.179.